The number of nitrogens with zero attached hydrogens (tertiary/aromatic N) is 1. The SMILES string of the molecule is O=C(NC1(CO)CCC1)c1cc(-c2ccccc2)n[nH]1. The van der Waals surface area contributed by atoms with Crippen molar-refractivity contribution in [3.8, 4) is 11.3 Å². The minimum atomic E-state index is -0.435. The number of nitrogens with one attached hydrogen (secondary N) is 2. The molecule has 20 heavy (non-hydrogen) atoms. The van der Waals surface area contributed by atoms with Gasteiger partial charge >= 0.3 is 0 Å². The summed E-state index contributed by atoms with van der Waals surface area (Å²) in [6, 6.07) is 11.4. The normalized spacial score (nSPS) is 16.4. The lowest BCUT2D eigenvalue weighted by atomic mass is 9.77. The van der Waals surface area contributed by atoms with E-state index in [0.29, 0.717) is 5.69 Å². The Labute approximate surface area is 117 Å². The predicted octanol–water partition coefficient (Wildman–Crippen LogP) is 1.72. The van der Waals surface area contributed by atoms with Crippen molar-refractivity contribution in [2.75, 3.05) is 6.61 Å². The highest BCUT2D eigenvalue weighted by atomic mass is 16.3. The Balaban J connectivity index is 1.75. The quantitative estimate of drug-likeness (QED) is 0.792. The highest BCUT2D eigenvalue weighted by Crippen LogP contribution is 2.31. The van der Waals surface area contributed by atoms with E-state index >= 15 is 0 Å². The number of carbonyl (C=O) groups is 1. The fourth-order valence-electron chi connectivity index (χ4n) is 2.43. The number of benzene rings is 1. The van der Waals surface area contributed by atoms with Crippen LogP contribution in [0.1, 0.15) is 29.8 Å². The van der Waals surface area contributed by atoms with Crippen LogP contribution in [0.25, 0.3) is 11.3 Å². The van der Waals surface area contributed by atoms with Crippen LogP contribution in [0.15, 0.2) is 36.4 Å². The molecule has 1 aliphatic rings. The first-order valence-electron chi connectivity index (χ1n) is 6.77. The van der Waals surface area contributed by atoms with Gasteiger partial charge in [-0.25, -0.2) is 0 Å². The average molecular weight is 271 g/mol. The van der Waals surface area contributed by atoms with Crippen molar-refractivity contribution >= 4 is 5.91 Å². The first-order chi connectivity index (χ1) is 9.72. The molecule has 5 nitrogen and oxygen atoms in total. The van der Waals surface area contributed by atoms with Crippen LogP contribution in [0.4, 0.5) is 0 Å². The Kier molecular flexibility index (Phi) is 3.28. The molecule has 1 saturated carbocycles. The summed E-state index contributed by atoms with van der Waals surface area (Å²) in [7, 11) is 0. The highest BCUT2D eigenvalue weighted by molar-refractivity contribution is 5.94. The molecular formula is C15H17N3O2. The van der Waals surface area contributed by atoms with Crippen molar-refractivity contribution in [3.63, 3.8) is 0 Å². The number of amides is 1. The molecular weight excluding hydrogens is 254 g/mol. The summed E-state index contributed by atoms with van der Waals surface area (Å²) < 4.78 is 0. The van der Waals surface area contributed by atoms with Gasteiger partial charge < -0.3 is 10.4 Å². The maximum Gasteiger partial charge on any atom is 0.269 e. The number of hydrogen-bond donors (Lipinski definition) is 3. The van der Waals surface area contributed by atoms with E-state index < -0.39 is 5.54 Å². The van der Waals surface area contributed by atoms with Crippen LogP contribution in [0.5, 0.6) is 0 Å². The number of H-pyrrole nitrogens is 1. The minimum Gasteiger partial charge on any atom is -0.394 e. The number of aliphatic hydroxyl groups is 1. The molecule has 3 rings (SSSR count). The molecule has 0 spiro atoms. The Morgan fingerprint density at radius 2 is 2.10 bits per heavy atom. The molecule has 5 heteroatoms. The lowest BCUT2D eigenvalue weighted by molar-refractivity contribution is 0.0637. The summed E-state index contributed by atoms with van der Waals surface area (Å²) in [6.45, 7) is -0.0155. The summed E-state index contributed by atoms with van der Waals surface area (Å²) in [6.07, 6.45) is 2.70. The van der Waals surface area contributed by atoms with E-state index in [9.17, 15) is 9.90 Å². The Hall–Kier alpha value is -2.14. The standard InChI is InChI=1S/C15H17N3O2/c19-10-15(7-4-8-15)16-14(20)13-9-12(17-18-13)11-5-2-1-3-6-11/h1-3,5-6,9,19H,4,7-8,10H2,(H,16,20)(H,17,18). The summed E-state index contributed by atoms with van der Waals surface area (Å²) in [5, 5.41) is 19.2. The van der Waals surface area contributed by atoms with Crippen molar-refractivity contribution in [1.29, 1.82) is 0 Å². The Bertz CT molecular complexity index is 597. The second-order valence-electron chi connectivity index (χ2n) is 5.28. The van der Waals surface area contributed by atoms with Gasteiger partial charge in [0.2, 0.25) is 0 Å². The van der Waals surface area contributed by atoms with Crippen molar-refractivity contribution in [2.24, 2.45) is 0 Å². The fourth-order valence-corrected chi connectivity index (χ4v) is 2.43. The van der Waals surface area contributed by atoms with Gasteiger partial charge in [0, 0.05) is 5.56 Å². The van der Waals surface area contributed by atoms with Crippen LogP contribution in [0, 0.1) is 0 Å². The van der Waals surface area contributed by atoms with E-state index in [1.165, 1.54) is 0 Å². The van der Waals surface area contributed by atoms with Gasteiger partial charge in [0.15, 0.2) is 0 Å². The van der Waals surface area contributed by atoms with Gasteiger partial charge in [-0.05, 0) is 25.3 Å². The second-order valence-corrected chi connectivity index (χ2v) is 5.28. The molecule has 0 aliphatic heterocycles. The third kappa shape index (κ3) is 2.32. The summed E-state index contributed by atoms with van der Waals surface area (Å²) in [5.41, 5.74) is 1.68. The molecule has 0 unspecified atom stereocenters. The van der Waals surface area contributed by atoms with Gasteiger partial charge in [0.25, 0.3) is 5.91 Å². The third-order valence-corrected chi connectivity index (χ3v) is 3.88. The predicted molar refractivity (Wildman–Crippen MR) is 75.2 cm³/mol. The molecule has 1 aromatic carbocycles. The first-order valence-corrected chi connectivity index (χ1v) is 6.77. The maximum absolute atomic E-state index is 12.2. The van der Waals surface area contributed by atoms with Gasteiger partial charge in [0.1, 0.15) is 5.69 Å². The Morgan fingerprint density at radius 1 is 1.35 bits per heavy atom. The molecule has 0 atom stereocenters. The van der Waals surface area contributed by atoms with E-state index in [1.54, 1.807) is 6.07 Å². The summed E-state index contributed by atoms with van der Waals surface area (Å²) >= 11 is 0. The largest absolute Gasteiger partial charge is 0.394 e. The molecule has 1 fully saturated rings. The van der Waals surface area contributed by atoms with Crippen LogP contribution in [-0.2, 0) is 0 Å². The Morgan fingerprint density at radius 3 is 2.70 bits per heavy atom. The lowest BCUT2D eigenvalue weighted by Crippen LogP contribution is -2.56. The molecule has 1 aromatic heterocycles. The van der Waals surface area contributed by atoms with Crippen LogP contribution in [0.3, 0.4) is 0 Å². The van der Waals surface area contributed by atoms with Crippen LogP contribution in [-0.4, -0.2) is 33.4 Å². The van der Waals surface area contributed by atoms with Crippen molar-refractivity contribution in [1.82, 2.24) is 15.5 Å². The van der Waals surface area contributed by atoms with Gasteiger partial charge in [-0.15, -0.1) is 0 Å². The van der Waals surface area contributed by atoms with Gasteiger partial charge in [-0.2, -0.15) is 5.10 Å². The van der Waals surface area contributed by atoms with E-state index in [4.69, 9.17) is 0 Å². The molecule has 0 bridgehead atoms. The highest BCUT2D eigenvalue weighted by Gasteiger charge is 2.38. The topological polar surface area (TPSA) is 78.0 Å². The van der Waals surface area contributed by atoms with Crippen LogP contribution < -0.4 is 5.32 Å². The minimum absolute atomic E-state index is 0.0155. The van der Waals surface area contributed by atoms with Crippen LogP contribution in [0.2, 0.25) is 0 Å². The number of aliphatic hydroxyl groups excluding tert-OH is 1. The molecule has 104 valence electrons. The van der Waals surface area contributed by atoms with Gasteiger partial charge in [0.05, 0.1) is 17.8 Å². The number of aromatic nitrogens is 2. The monoisotopic (exact) mass is 271 g/mol. The van der Waals surface area contributed by atoms with E-state index in [0.717, 1.165) is 30.5 Å². The third-order valence-electron chi connectivity index (χ3n) is 3.88. The molecule has 0 radical (unpaired) electrons. The number of rotatable bonds is 4. The molecule has 3 N–H and O–H groups in total. The number of aromatic amines is 1. The van der Waals surface area contributed by atoms with Gasteiger partial charge in [-0.1, -0.05) is 30.3 Å². The van der Waals surface area contributed by atoms with Crippen molar-refractivity contribution in [2.45, 2.75) is 24.8 Å². The van der Waals surface area contributed by atoms with Crippen LogP contribution >= 0.6 is 0 Å². The second kappa shape index (κ2) is 5.09. The number of hydrogen-bond acceptors (Lipinski definition) is 3. The lowest BCUT2D eigenvalue weighted by Gasteiger charge is -2.40. The molecule has 1 amide bonds. The zero-order valence-corrected chi connectivity index (χ0v) is 11.1. The molecule has 1 heterocycles. The van der Waals surface area contributed by atoms with E-state index in [1.807, 2.05) is 30.3 Å². The summed E-state index contributed by atoms with van der Waals surface area (Å²) in [4.78, 5) is 12.2. The van der Waals surface area contributed by atoms with E-state index in [-0.39, 0.29) is 12.5 Å². The average Bonchev–Trinajstić information content (AvgIpc) is 2.93. The first kappa shape index (κ1) is 12.9. The summed E-state index contributed by atoms with van der Waals surface area (Å²) in [5.74, 6) is -0.214. The maximum atomic E-state index is 12.2. The zero-order valence-electron chi connectivity index (χ0n) is 11.1. The molecule has 0 saturated heterocycles. The molecule has 1 aliphatic carbocycles. The zero-order chi connectivity index (χ0) is 14.0. The fraction of sp³-hybridized carbons (Fsp3) is 0.333. The van der Waals surface area contributed by atoms with Gasteiger partial charge in [-0.3, -0.25) is 9.89 Å². The van der Waals surface area contributed by atoms with E-state index in [2.05, 4.69) is 15.5 Å². The number of carbonyl (C=O) groups excluding carboxylic acids is 1. The molecule has 2 aromatic rings. The smallest absolute Gasteiger partial charge is 0.269 e. The van der Waals surface area contributed by atoms with Crippen molar-refractivity contribution in [3.05, 3.63) is 42.1 Å². The van der Waals surface area contributed by atoms with Crippen molar-refractivity contribution < 1.29 is 9.90 Å².